The topological polar surface area (TPSA) is 40.5 Å². The molecule has 24 heavy (non-hydrogen) atoms. The minimum atomic E-state index is -0.511. The molecular formula is C21H29BrO2. The Hall–Kier alpha value is -0.380. The molecule has 0 spiro atoms. The van der Waals surface area contributed by atoms with E-state index in [0.717, 1.165) is 55.8 Å². The summed E-state index contributed by atoms with van der Waals surface area (Å²) in [5.74, 6) is 1.85. The summed E-state index contributed by atoms with van der Waals surface area (Å²) in [6, 6.07) is 8.61. The molecular weight excluding hydrogens is 364 g/mol. The molecule has 1 aromatic rings. The molecule has 4 aliphatic rings. The highest BCUT2D eigenvalue weighted by molar-refractivity contribution is 9.10. The van der Waals surface area contributed by atoms with Gasteiger partial charge in [0.2, 0.25) is 0 Å². The normalized spacial score (nSPS) is 41.6. The van der Waals surface area contributed by atoms with E-state index in [9.17, 15) is 10.2 Å². The Bertz CT molecular complexity index is 580. The third-order valence-corrected chi connectivity index (χ3v) is 7.75. The standard InChI is InChI=1S/C21H29BrO2/c1-14(16-4-6-19(22)7-5-16)3-2-8-21(24)17-9-15-10-18(21)13-20(23,11-15)12-17/h4-7,14-15,17-18,23-24H,2-3,8-13H2,1H3/t14-,15?,17?,18?,20?,21?/m1/s1. The van der Waals surface area contributed by atoms with Gasteiger partial charge in [0.1, 0.15) is 0 Å². The monoisotopic (exact) mass is 392 g/mol. The molecule has 2 N–H and O–H groups in total. The fraction of sp³-hybridized carbons (Fsp3) is 0.714. The Kier molecular flexibility index (Phi) is 4.34. The van der Waals surface area contributed by atoms with Crippen molar-refractivity contribution < 1.29 is 10.2 Å². The van der Waals surface area contributed by atoms with E-state index in [0.29, 0.717) is 23.7 Å². The minimum Gasteiger partial charge on any atom is -0.390 e. The van der Waals surface area contributed by atoms with Crippen LogP contribution in [0, 0.1) is 17.8 Å². The molecule has 2 nitrogen and oxygen atoms in total. The molecule has 4 saturated carbocycles. The molecule has 1 aromatic carbocycles. The van der Waals surface area contributed by atoms with Gasteiger partial charge in [-0.1, -0.05) is 35.0 Å². The van der Waals surface area contributed by atoms with Crippen LogP contribution in [-0.2, 0) is 0 Å². The zero-order chi connectivity index (χ0) is 16.9. The van der Waals surface area contributed by atoms with Crippen LogP contribution < -0.4 is 0 Å². The molecule has 4 fully saturated rings. The summed E-state index contributed by atoms with van der Waals surface area (Å²) < 4.78 is 1.12. The van der Waals surface area contributed by atoms with Gasteiger partial charge in [0.05, 0.1) is 11.2 Å². The van der Waals surface area contributed by atoms with Gasteiger partial charge in [-0.05, 0) is 92.7 Å². The van der Waals surface area contributed by atoms with E-state index in [1.807, 2.05) is 0 Å². The van der Waals surface area contributed by atoms with E-state index < -0.39 is 11.2 Å². The van der Waals surface area contributed by atoms with Gasteiger partial charge >= 0.3 is 0 Å². The van der Waals surface area contributed by atoms with Gasteiger partial charge in [-0.15, -0.1) is 0 Å². The average Bonchev–Trinajstić information content (AvgIpc) is 2.52. The predicted molar refractivity (Wildman–Crippen MR) is 99.9 cm³/mol. The van der Waals surface area contributed by atoms with Crippen LogP contribution in [0.15, 0.2) is 28.7 Å². The predicted octanol–water partition coefficient (Wildman–Crippen LogP) is 5.03. The molecule has 4 aliphatic carbocycles. The number of hydrogen-bond acceptors (Lipinski definition) is 2. The number of hydrogen-bond donors (Lipinski definition) is 2. The smallest absolute Gasteiger partial charge is 0.0706 e. The molecule has 4 bridgehead atoms. The molecule has 3 heteroatoms. The van der Waals surface area contributed by atoms with Crippen molar-refractivity contribution in [3.8, 4) is 0 Å². The van der Waals surface area contributed by atoms with Crippen LogP contribution in [0.5, 0.6) is 0 Å². The molecule has 0 aliphatic heterocycles. The summed E-state index contributed by atoms with van der Waals surface area (Å²) in [6.07, 6.45) is 8.02. The summed E-state index contributed by atoms with van der Waals surface area (Å²) in [5, 5.41) is 22.1. The Morgan fingerprint density at radius 1 is 1.08 bits per heavy atom. The van der Waals surface area contributed by atoms with E-state index in [2.05, 4.69) is 47.1 Å². The van der Waals surface area contributed by atoms with E-state index in [4.69, 9.17) is 0 Å². The maximum absolute atomic E-state index is 11.4. The summed E-state index contributed by atoms with van der Waals surface area (Å²) in [4.78, 5) is 0. The second-order valence-corrected chi connectivity index (χ2v) is 9.82. The molecule has 2 unspecified atom stereocenters. The van der Waals surface area contributed by atoms with Gasteiger partial charge in [0.25, 0.3) is 0 Å². The summed E-state index contributed by atoms with van der Waals surface area (Å²) >= 11 is 3.49. The maximum atomic E-state index is 11.4. The third-order valence-electron chi connectivity index (χ3n) is 7.22. The van der Waals surface area contributed by atoms with E-state index >= 15 is 0 Å². The second kappa shape index (κ2) is 6.10. The Morgan fingerprint density at radius 3 is 2.29 bits per heavy atom. The highest BCUT2D eigenvalue weighted by atomic mass is 79.9. The van der Waals surface area contributed by atoms with Crippen molar-refractivity contribution in [3.63, 3.8) is 0 Å². The fourth-order valence-electron chi connectivity index (χ4n) is 6.09. The van der Waals surface area contributed by atoms with Crippen LogP contribution >= 0.6 is 15.9 Å². The molecule has 3 atom stereocenters. The van der Waals surface area contributed by atoms with E-state index in [1.54, 1.807) is 0 Å². The van der Waals surface area contributed by atoms with Crippen LogP contribution in [0.3, 0.4) is 0 Å². The molecule has 5 rings (SSSR count). The van der Waals surface area contributed by atoms with Gasteiger partial charge in [-0.25, -0.2) is 0 Å². The number of benzene rings is 1. The lowest BCUT2D eigenvalue weighted by molar-refractivity contribution is -0.229. The molecule has 0 heterocycles. The quantitative estimate of drug-likeness (QED) is 0.737. The molecule has 0 saturated heterocycles. The highest BCUT2D eigenvalue weighted by Crippen LogP contribution is 2.61. The van der Waals surface area contributed by atoms with Crippen LogP contribution in [0.4, 0.5) is 0 Å². The zero-order valence-corrected chi connectivity index (χ0v) is 16.1. The maximum Gasteiger partial charge on any atom is 0.0706 e. The van der Waals surface area contributed by atoms with Crippen LogP contribution in [0.1, 0.15) is 69.8 Å². The number of halogens is 1. The number of rotatable bonds is 5. The lowest BCUT2D eigenvalue weighted by Crippen LogP contribution is -2.63. The van der Waals surface area contributed by atoms with Gasteiger partial charge in [-0.3, -0.25) is 0 Å². The Balaban J connectivity index is 1.36. The highest BCUT2D eigenvalue weighted by Gasteiger charge is 2.60. The van der Waals surface area contributed by atoms with E-state index in [1.165, 1.54) is 5.56 Å². The fourth-order valence-corrected chi connectivity index (χ4v) is 6.36. The minimum absolute atomic E-state index is 0.330. The van der Waals surface area contributed by atoms with Crippen molar-refractivity contribution in [1.29, 1.82) is 0 Å². The molecule has 0 aromatic heterocycles. The lowest BCUT2D eigenvalue weighted by Gasteiger charge is -2.62. The van der Waals surface area contributed by atoms with Gasteiger partial charge in [-0.2, -0.15) is 0 Å². The van der Waals surface area contributed by atoms with Crippen LogP contribution in [0.2, 0.25) is 0 Å². The van der Waals surface area contributed by atoms with Crippen molar-refractivity contribution in [2.75, 3.05) is 0 Å². The Morgan fingerprint density at radius 2 is 1.71 bits per heavy atom. The first-order valence-electron chi connectivity index (χ1n) is 9.58. The van der Waals surface area contributed by atoms with Crippen molar-refractivity contribution in [1.82, 2.24) is 0 Å². The zero-order valence-electron chi connectivity index (χ0n) is 14.5. The van der Waals surface area contributed by atoms with Crippen LogP contribution in [0.25, 0.3) is 0 Å². The van der Waals surface area contributed by atoms with Gasteiger partial charge < -0.3 is 10.2 Å². The summed E-state index contributed by atoms with van der Waals surface area (Å²) in [7, 11) is 0. The van der Waals surface area contributed by atoms with Crippen molar-refractivity contribution in [2.24, 2.45) is 17.8 Å². The first-order valence-corrected chi connectivity index (χ1v) is 10.4. The summed E-state index contributed by atoms with van der Waals surface area (Å²) in [6.45, 7) is 2.28. The molecule has 0 amide bonds. The van der Waals surface area contributed by atoms with Gasteiger partial charge in [0, 0.05) is 4.47 Å². The first-order chi connectivity index (χ1) is 11.4. The van der Waals surface area contributed by atoms with Crippen molar-refractivity contribution in [3.05, 3.63) is 34.3 Å². The van der Waals surface area contributed by atoms with Crippen molar-refractivity contribution in [2.45, 2.75) is 75.4 Å². The van der Waals surface area contributed by atoms with Crippen molar-refractivity contribution >= 4 is 15.9 Å². The van der Waals surface area contributed by atoms with E-state index in [-0.39, 0.29) is 0 Å². The van der Waals surface area contributed by atoms with Crippen LogP contribution in [-0.4, -0.2) is 21.4 Å². The average molecular weight is 393 g/mol. The largest absolute Gasteiger partial charge is 0.390 e. The van der Waals surface area contributed by atoms with Gasteiger partial charge in [0.15, 0.2) is 0 Å². The lowest BCUT2D eigenvalue weighted by atomic mass is 9.47. The first kappa shape index (κ1) is 17.1. The number of aliphatic hydroxyl groups is 2. The molecule has 0 radical (unpaired) electrons. The Labute approximate surface area is 153 Å². The molecule has 132 valence electrons. The SMILES string of the molecule is C[C@H](CCCC1(O)C2CC3CC1CC(O)(C3)C2)c1ccc(Br)cc1. The third kappa shape index (κ3) is 2.97. The second-order valence-electron chi connectivity index (χ2n) is 8.90. The summed E-state index contributed by atoms with van der Waals surface area (Å²) in [5.41, 5.74) is 0.417.